The van der Waals surface area contributed by atoms with Gasteiger partial charge in [0.15, 0.2) is 0 Å². The van der Waals surface area contributed by atoms with Gasteiger partial charge in [-0.25, -0.2) is 9.97 Å². The molecule has 1 saturated carbocycles. The van der Waals surface area contributed by atoms with Crippen molar-refractivity contribution in [2.24, 2.45) is 0 Å². The summed E-state index contributed by atoms with van der Waals surface area (Å²) in [7, 11) is 0. The molecule has 1 fully saturated rings. The minimum atomic E-state index is -0.0880. The zero-order valence-corrected chi connectivity index (χ0v) is 13.6. The van der Waals surface area contributed by atoms with E-state index >= 15 is 0 Å². The van der Waals surface area contributed by atoms with E-state index < -0.39 is 0 Å². The van der Waals surface area contributed by atoms with Gasteiger partial charge in [-0.05, 0) is 38.3 Å². The fraction of sp³-hybridized carbons (Fsp3) is 0.389. The van der Waals surface area contributed by atoms with Crippen molar-refractivity contribution in [1.82, 2.24) is 15.3 Å². The summed E-state index contributed by atoms with van der Waals surface area (Å²) in [4.78, 5) is 20.7. The van der Waals surface area contributed by atoms with Gasteiger partial charge < -0.3 is 10.6 Å². The number of benzene rings is 1. The van der Waals surface area contributed by atoms with Crippen LogP contribution in [-0.4, -0.2) is 21.9 Å². The maximum Gasteiger partial charge on any atom is 0.254 e. The van der Waals surface area contributed by atoms with E-state index in [2.05, 4.69) is 33.6 Å². The van der Waals surface area contributed by atoms with Gasteiger partial charge in [0.2, 0.25) is 5.95 Å². The maximum atomic E-state index is 12.2. The number of rotatable bonds is 4. The van der Waals surface area contributed by atoms with Crippen LogP contribution in [0.2, 0.25) is 0 Å². The lowest BCUT2D eigenvalue weighted by atomic mass is 10.1. The molecule has 23 heavy (non-hydrogen) atoms. The Morgan fingerprint density at radius 2 is 1.83 bits per heavy atom. The van der Waals surface area contributed by atoms with Gasteiger partial charge in [0, 0.05) is 24.1 Å². The SMILES string of the molecule is Cc1ccc(Nc2ncc(C(=O)NC3CCCC3)cn2)c(C)c1. The Kier molecular flexibility index (Phi) is 4.55. The van der Waals surface area contributed by atoms with Gasteiger partial charge in [-0.15, -0.1) is 0 Å². The first-order chi connectivity index (χ1) is 11.1. The van der Waals surface area contributed by atoms with Gasteiger partial charge in [0.05, 0.1) is 5.56 Å². The molecule has 0 spiro atoms. The van der Waals surface area contributed by atoms with Crippen molar-refractivity contribution in [2.45, 2.75) is 45.6 Å². The van der Waals surface area contributed by atoms with Crippen LogP contribution in [0.3, 0.4) is 0 Å². The molecule has 1 aromatic carbocycles. The highest BCUT2D eigenvalue weighted by Crippen LogP contribution is 2.20. The summed E-state index contributed by atoms with van der Waals surface area (Å²) in [6.45, 7) is 4.10. The Hall–Kier alpha value is -2.43. The molecule has 1 heterocycles. The van der Waals surface area contributed by atoms with E-state index in [1.807, 2.05) is 19.1 Å². The molecule has 120 valence electrons. The zero-order valence-electron chi connectivity index (χ0n) is 13.6. The van der Waals surface area contributed by atoms with E-state index in [1.165, 1.54) is 18.4 Å². The quantitative estimate of drug-likeness (QED) is 0.907. The van der Waals surface area contributed by atoms with Crippen LogP contribution in [0.15, 0.2) is 30.6 Å². The first kappa shape index (κ1) is 15.5. The number of aromatic nitrogens is 2. The molecule has 1 aliphatic carbocycles. The Morgan fingerprint density at radius 3 is 2.48 bits per heavy atom. The van der Waals surface area contributed by atoms with Gasteiger partial charge in [-0.1, -0.05) is 30.5 Å². The molecule has 0 atom stereocenters. The highest BCUT2D eigenvalue weighted by Gasteiger charge is 2.18. The number of carbonyl (C=O) groups excluding carboxylic acids is 1. The van der Waals surface area contributed by atoms with Gasteiger partial charge >= 0.3 is 0 Å². The molecule has 0 radical (unpaired) electrons. The lowest BCUT2D eigenvalue weighted by Gasteiger charge is -2.12. The van der Waals surface area contributed by atoms with Crippen LogP contribution in [0.4, 0.5) is 11.6 Å². The second-order valence-corrected chi connectivity index (χ2v) is 6.19. The molecule has 1 aromatic heterocycles. The van der Waals surface area contributed by atoms with Gasteiger partial charge in [0.1, 0.15) is 0 Å². The minimum absolute atomic E-state index is 0.0880. The topological polar surface area (TPSA) is 66.9 Å². The molecule has 1 amide bonds. The predicted octanol–water partition coefficient (Wildman–Crippen LogP) is 3.51. The third-order valence-electron chi connectivity index (χ3n) is 4.23. The van der Waals surface area contributed by atoms with Crippen molar-refractivity contribution >= 4 is 17.5 Å². The number of nitrogens with zero attached hydrogens (tertiary/aromatic N) is 2. The molecule has 3 rings (SSSR count). The number of anilines is 2. The average molecular weight is 310 g/mol. The van der Waals surface area contributed by atoms with Crippen LogP contribution in [-0.2, 0) is 0 Å². The molecule has 5 heteroatoms. The van der Waals surface area contributed by atoms with Crippen molar-refractivity contribution in [1.29, 1.82) is 0 Å². The molecule has 0 unspecified atom stereocenters. The van der Waals surface area contributed by atoms with Crippen molar-refractivity contribution in [3.05, 3.63) is 47.3 Å². The summed E-state index contributed by atoms with van der Waals surface area (Å²) in [6.07, 6.45) is 7.67. The van der Waals surface area contributed by atoms with Crippen LogP contribution in [0.5, 0.6) is 0 Å². The van der Waals surface area contributed by atoms with E-state index in [4.69, 9.17) is 0 Å². The van der Waals surface area contributed by atoms with Crippen molar-refractivity contribution in [2.75, 3.05) is 5.32 Å². The highest BCUT2D eigenvalue weighted by atomic mass is 16.1. The summed E-state index contributed by atoms with van der Waals surface area (Å²) >= 11 is 0. The predicted molar refractivity (Wildman–Crippen MR) is 91.0 cm³/mol. The Labute approximate surface area is 136 Å². The minimum Gasteiger partial charge on any atom is -0.349 e. The Morgan fingerprint density at radius 1 is 1.13 bits per heavy atom. The lowest BCUT2D eigenvalue weighted by molar-refractivity contribution is 0.0937. The van der Waals surface area contributed by atoms with E-state index in [0.717, 1.165) is 24.1 Å². The Bertz CT molecular complexity index is 691. The Balaban J connectivity index is 1.65. The van der Waals surface area contributed by atoms with E-state index in [-0.39, 0.29) is 5.91 Å². The molecule has 2 aromatic rings. The van der Waals surface area contributed by atoms with Crippen LogP contribution in [0.1, 0.15) is 47.2 Å². The standard InChI is InChI=1S/C18H22N4O/c1-12-7-8-16(13(2)9-12)22-18-19-10-14(11-20-18)17(23)21-15-5-3-4-6-15/h7-11,15H,3-6H2,1-2H3,(H,21,23)(H,19,20,22). The number of nitrogens with one attached hydrogen (secondary N) is 2. The van der Waals surface area contributed by atoms with Gasteiger partial charge in [0.25, 0.3) is 5.91 Å². The molecule has 2 N–H and O–H groups in total. The normalized spacial score (nSPS) is 14.7. The summed E-state index contributed by atoms with van der Waals surface area (Å²) in [5.41, 5.74) is 3.83. The van der Waals surface area contributed by atoms with Crippen LogP contribution < -0.4 is 10.6 Å². The monoisotopic (exact) mass is 310 g/mol. The summed E-state index contributed by atoms with van der Waals surface area (Å²) in [5, 5.41) is 6.23. The fourth-order valence-corrected chi connectivity index (χ4v) is 2.92. The first-order valence-corrected chi connectivity index (χ1v) is 8.09. The summed E-state index contributed by atoms with van der Waals surface area (Å²) in [5.74, 6) is 0.407. The van der Waals surface area contributed by atoms with E-state index in [0.29, 0.717) is 17.6 Å². The third-order valence-corrected chi connectivity index (χ3v) is 4.23. The number of hydrogen-bond acceptors (Lipinski definition) is 4. The summed E-state index contributed by atoms with van der Waals surface area (Å²) < 4.78 is 0. The second-order valence-electron chi connectivity index (χ2n) is 6.19. The largest absolute Gasteiger partial charge is 0.349 e. The highest BCUT2D eigenvalue weighted by molar-refractivity contribution is 5.93. The van der Waals surface area contributed by atoms with Crippen molar-refractivity contribution < 1.29 is 4.79 Å². The third kappa shape index (κ3) is 3.86. The molecule has 0 saturated heterocycles. The molecule has 5 nitrogen and oxygen atoms in total. The van der Waals surface area contributed by atoms with Gasteiger partial charge in [-0.3, -0.25) is 4.79 Å². The number of aryl methyl sites for hydroxylation is 2. The second kappa shape index (κ2) is 6.77. The van der Waals surface area contributed by atoms with E-state index in [9.17, 15) is 4.79 Å². The maximum absolute atomic E-state index is 12.2. The number of amides is 1. The fourth-order valence-electron chi connectivity index (χ4n) is 2.92. The van der Waals surface area contributed by atoms with Gasteiger partial charge in [-0.2, -0.15) is 0 Å². The van der Waals surface area contributed by atoms with E-state index in [1.54, 1.807) is 12.4 Å². The molecular formula is C18H22N4O. The lowest BCUT2D eigenvalue weighted by Crippen LogP contribution is -2.32. The molecule has 0 aliphatic heterocycles. The average Bonchev–Trinajstić information content (AvgIpc) is 3.04. The van der Waals surface area contributed by atoms with Crippen molar-refractivity contribution in [3.63, 3.8) is 0 Å². The smallest absolute Gasteiger partial charge is 0.254 e. The number of carbonyl (C=O) groups is 1. The number of hydrogen-bond donors (Lipinski definition) is 2. The first-order valence-electron chi connectivity index (χ1n) is 8.09. The molecular weight excluding hydrogens is 288 g/mol. The van der Waals surface area contributed by atoms with Crippen molar-refractivity contribution in [3.8, 4) is 0 Å². The van der Waals surface area contributed by atoms with Crippen LogP contribution in [0.25, 0.3) is 0 Å². The summed E-state index contributed by atoms with van der Waals surface area (Å²) in [6, 6.07) is 6.45. The van der Waals surface area contributed by atoms with Crippen LogP contribution >= 0.6 is 0 Å². The molecule has 0 bridgehead atoms. The zero-order chi connectivity index (χ0) is 16.2. The van der Waals surface area contributed by atoms with Crippen LogP contribution in [0, 0.1) is 13.8 Å². The molecule has 1 aliphatic rings.